The summed E-state index contributed by atoms with van der Waals surface area (Å²) in [5.41, 5.74) is 1.16. The SMILES string of the molecule is Cc1nc(Oc2ccc(OCC(=O)O)cc2)ccc1C(=O)NC1CCCCC1. The molecule has 0 spiro atoms. The Bertz CT molecular complexity index is 829. The molecule has 1 aromatic heterocycles. The Balaban J connectivity index is 1.60. The Hall–Kier alpha value is -3.09. The predicted octanol–water partition coefficient (Wildman–Crippen LogP) is 3.71. The number of aromatic nitrogens is 1. The van der Waals surface area contributed by atoms with Crippen molar-refractivity contribution in [1.29, 1.82) is 0 Å². The van der Waals surface area contributed by atoms with Gasteiger partial charge in [-0.05, 0) is 50.1 Å². The van der Waals surface area contributed by atoms with Crippen molar-refractivity contribution in [3.05, 3.63) is 47.7 Å². The summed E-state index contributed by atoms with van der Waals surface area (Å²) in [6, 6.07) is 10.2. The van der Waals surface area contributed by atoms with Gasteiger partial charge in [0.15, 0.2) is 6.61 Å². The monoisotopic (exact) mass is 384 g/mol. The van der Waals surface area contributed by atoms with Crippen LogP contribution in [0.5, 0.6) is 17.4 Å². The zero-order valence-corrected chi connectivity index (χ0v) is 15.8. The molecule has 0 radical (unpaired) electrons. The number of pyridine rings is 1. The van der Waals surface area contributed by atoms with Crippen LogP contribution in [0.3, 0.4) is 0 Å². The number of hydrogen-bond donors (Lipinski definition) is 2. The maximum atomic E-state index is 12.5. The number of carboxylic acid groups (broad SMARTS) is 1. The molecule has 7 nitrogen and oxygen atoms in total. The molecule has 28 heavy (non-hydrogen) atoms. The van der Waals surface area contributed by atoms with Crippen LogP contribution in [-0.4, -0.2) is 34.6 Å². The Kier molecular flexibility index (Phi) is 6.47. The summed E-state index contributed by atoms with van der Waals surface area (Å²) in [6.07, 6.45) is 5.63. The molecule has 2 N–H and O–H groups in total. The van der Waals surface area contributed by atoms with Gasteiger partial charge < -0.3 is 19.9 Å². The van der Waals surface area contributed by atoms with Crippen molar-refractivity contribution in [3.8, 4) is 17.4 Å². The molecular formula is C21H24N2O5. The average molecular weight is 384 g/mol. The number of aryl methyl sites for hydroxylation is 1. The van der Waals surface area contributed by atoms with Crippen molar-refractivity contribution in [3.63, 3.8) is 0 Å². The minimum Gasteiger partial charge on any atom is -0.482 e. The second-order valence-electron chi connectivity index (χ2n) is 6.85. The number of ether oxygens (including phenoxy) is 2. The molecule has 0 atom stereocenters. The summed E-state index contributed by atoms with van der Waals surface area (Å²) in [7, 11) is 0. The van der Waals surface area contributed by atoms with E-state index < -0.39 is 12.6 Å². The summed E-state index contributed by atoms with van der Waals surface area (Å²) in [6.45, 7) is 1.39. The van der Waals surface area contributed by atoms with Crippen LogP contribution in [0, 0.1) is 6.92 Å². The fraction of sp³-hybridized carbons (Fsp3) is 0.381. The predicted molar refractivity (Wildman–Crippen MR) is 103 cm³/mol. The van der Waals surface area contributed by atoms with Crippen molar-refractivity contribution in [2.24, 2.45) is 0 Å². The molecule has 1 aromatic carbocycles. The molecule has 0 unspecified atom stereocenters. The van der Waals surface area contributed by atoms with Gasteiger partial charge in [-0.15, -0.1) is 0 Å². The van der Waals surface area contributed by atoms with Crippen LogP contribution in [0.2, 0.25) is 0 Å². The minimum absolute atomic E-state index is 0.0941. The van der Waals surface area contributed by atoms with Gasteiger partial charge in [-0.2, -0.15) is 0 Å². The van der Waals surface area contributed by atoms with Crippen molar-refractivity contribution in [2.75, 3.05) is 6.61 Å². The first kappa shape index (κ1) is 19.7. The van der Waals surface area contributed by atoms with E-state index in [1.54, 1.807) is 43.3 Å². The smallest absolute Gasteiger partial charge is 0.341 e. The van der Waals surface area contributed by atoms with Crippen molar-refractivity contribution >= 4 is 11.9 Å². The highest BCUT2D eigenvalue weighted by Gasteiger charge is 2.18. The quantitative estimate of drug-likeness (QED) is 0.755. The number of aliphatic carboxylic acids is 1. The molecule has 0 aliphatic heterocycles. The van der Waals surface area contributed by atoms with Crippen LogP contribution in [0.1, 0.15) is 48.2 Å². The lowest BCUT2D eigenvalue weighted by Crippen LogP contribution is -2.36. The molecular weight excluding hydrogens is 360 g/mol. The minimum atomic E-state index is -1.03. The van der Waals surface area contributed by atoms with E-state index in [9.17, 15) is 9.59 Å². The Morgan fingerprint density at radius 1 is 1.07 bits per heavy atom. The second-order valence-corrected chi connectivity index (χ2v) is 6.85. The lowest BCUT2D eigenvalue weighted by Gasteiger charge is -2.23. The van der Waals surface area contributed by atoms with Gasteiger partial charge in [0, 0.05) is 12.1 Å². The Morgan fingerprint density at radius 2 is 1.75 bits per heavy atom. The molecule has 1 aliphatic carbocycles. The first-order valence-corrected chi connectivity index (χ1v) is 9.42. The maximum Gasteiger partial charge on any atom is 0.341 e. The number of carbonyl (C=O) groups excluding carboxylic acids is 1. The van der Waals surface area contributed by atoms with Crippen LogP contribution in [0.15, 0.2) is 36.4 Å². The third-order valence-electron chi connectivity index (χ3n) is 4.65. The molecule has 1 fully saturated rings. The molecule has 7 heteroatoms. The summed E-state index contributed by atoms with van der Waals surface area (Å²) >= 11 is 0. The van der Waals surface area contributed by atoms with Gasteiger partial charge in [-0.25, -0.2) is 9.78 Å². The van der Waals surface area contributed by atoms with Crippen LogP contribution in [0.25, 0.3) is 0 Å². The molecule has 0 saturated heterocycles. The molecule has 1 amide bonds. The number of nitrogens with zero attached hydrogens (tertiary/aromatic N) is 1. The highest BCUT2D eigenvalue weighted by atomic mass is 16.5. The lowest BCUT2D eigenvalue weighted by atomic mass is 9.95. The van der Waals surface area contributed by atoms with Gasteiger partial charge in [-0.3, -0.25) is 4.79 Å². The van der Waals surface area contributed by atoms with Crippen molar-refractivity contribution < 1.29 is 24.2 Å². The normalized spacial score (nSPS) is 14.3. The van der Waals surface area contributed by atoms with E-state index >= 15 is 0 Å². The largest absolute Gasteiger partial charge is 0.482 e. The molecule has 1 saturated carbocycles. The maximum absolute atomic E-state index is 12.5. The van der Waals surface area contributed by atoms with E-state index in [2.05, 4.69) is 10.3 Å². The van der Waals surface area contributed by atoms with Gasteiger partial charge >= 0.3 is 5.97 Å². The topological polar surface area (TPSA) is 97.8 Å². The summed E-state index contributed by atoms with van der Waals surface area (Å²) in [5, 5.41) is 11.7. The molecule has 148 valence electrons. The highest BCUT2D eigenvalue weighted by Crippen LogP contribution is 2.24. The van der Waals surface area contributed by atoms with E-state index in [-0.39, 0.29) is 11.9 Å². The summed E-state index contributed by atoms with van der Waals surface area (Å²) < 4.78 is 10.8. The highest BCUT2D eigenvalue weighted by molar-refractivity contribution is 5.95. The zero-order chi connectivity index (χ0) is 19.9. The standard InChI is InChI=1S/C21H24N2O5/c1-14-18(21(26)23-15-5-3-2-4-6-15)11-12-19(22-14)28-17-9-7-16(8-10-17)27-13-20(24)25/h7-12,15H,2-6,13H2,1H3,(H,23,26)(H,24,25). The van der Waals surface area contributed by atoms with Gasteiger partial charge in [0.1, 0.15) is 11.5 Å². The first-order chi connectivity index (χ1) is 13.5. The van der Waals surface area contributed by atoms with Crippen LogP contribution in [-0.2, 0) is 4.79 Å². The van der Waals surface area contributed by atoms with E-state index in [4.69, 9.17) is 14.6 Å². The molecule has 1 heterocycles. The van der Waals surface area contributed by atoms with E-state index in [0.717, 1.165) is 25.7 Å². The second kappa shape index (κ2) is 9.21. The lowest BCUT2D eigenvalue weighted by molar-refractivity contribution is -0.139. The number of carboxylic acids is 1. The van der Waals surface area contributed by atoms with Gasteiger partial charge in [0.2, 0.25) is 5.88 Å². The van der Waals surface area contributed by atoms with Gasteiger partial charge in [-0.1, -0.05) is 19.3 Å². The van der Waals surface area contributed by atoms with Gasteiger partial charge in [0.25, 0.3) is 5.91 Å². The summed E-state index contributed by atoms with van der Waals surface area (Å²) in [4.78, 5) is 27.4. The third kappa shape index (κ3) is 5.45. The third-order valence-corrected chi connectivity index (χ3v) is 4.65. The van der Waals surface area contributed by atoms with Crippen LogP contribution < -0.4 is 14.8 Å². The van der Waals surface area contributed by atoms with E-state index in [1.807, 2.05) is 0 Å². The Morgan fingerprint density at radius 3 is 2.39 bits per heavy atom. The van der Waals surface area contributed by atoms with Crippen molar-refractivity contribution in [2.45, 2.75) is 45.1 Å². The summed E-state index contributed by atoms with van der Waals surface area (Å²) in [5.74, 6) is 0.226. The number of amides is 1. The van der Waals surface area contributed by atoms with Crippen LogP contribution >= 0.6 is 0 Å². The van der Waals surface area contributed by atoms with Gasteiger partial charge in [0.05, 0.1) is 11.3 Å². The average Bonchev–Trinajstić information content (AvgIpc) is 2.68. The fourth-order valence-corrected chi connectivity index (χ4v) is 3.21. The molecule has 2 aromatic rings. The van der Waals surface area contributed by atoms with E-state index in [0.29, 0.717) is 28.6 Å². The first-order valence-electron chi connectivity index (χ1n) is 9.42. The molecule has 1 aliphatic rings. The number of hydrogen-bond acceptors (Lipinski definition) is 5. The number of nitrogens with one attached hydrogen (secondary N) is 1. The van der Waals surface area contributed by atoms with Crippen molar-refractivity contribution in [1.82, 2.24) is 10.3 Å². The molecule has 0 bridgehead atoms. The molecule has 3 rings (SSSR count). The number of carbonyl (C=O) groups is 2. The number of benzene rings is 1. The fourth-order valence-electron chi connectivity index (χ4n) is 3.21. The Labute approximate surface area is 163 Å². The van der Waals surface area contributed by atoms with Crippen LogP contribution in [0.4, 0.5) is 0 Å². The zero-order valence-electron chi connectivity index (χ0n) is 15.8. The van der Waals surface area contributed by atoms with E-state index in [1.165, 1.54) is 6.42 Å². The number of rotatable bonds is 7.